The summed E-state index contributed by atoms with van der Waals surface area (Å²) in [7, 11) is -0.492. The predicted octanol–water partition coefficient (Wildman–Crippen LogP) is 1.12. The van der Waals surface area contributed by atoms with E-state index in [1.807, 2.05) is 0 Å². The third kappa shape index (κ3) is 4.41. The molecule has 1 amide bonds. The lowest BCUT2D eigenvalue weighted by molar-refractivity contribution is 0.0926. The third-order valence-corrected chi connectivity index (χ3v) is 5.95. The number of rotatable bonds is 5. The Morgan fingerprint density at radius 1 is 1.43 bits per heavy atom. The van der Waals surface area contributed by atoms with E-state index in [2.05, 4.69) is 5.32 Å². The van der Waals surface area contributed by atoms with E-state index in [0.29, 0.717) is 0 Å². The van der Waals surface area contributed by atoms with Crippen LogP contribution < -0.4 is 5.32 Å². The lowest BCUT2D eigenvalue weighted by Crippen LogP contribution is -2.43. The molecule has 1 aliphatic heterocycles. The van der Waals surface area contributed by atoms with Gasteiger partial charge in [0.05, 0.1) is 35.6 Å². The minimum atomic E-state index is -3.40. The Balaban J connectivity index is 2.08. The van der Waals surface area contributed by atoms with Gasteiger partial charge in [0.25, 0.3) is 5.91 Å². The molecule has 1 saturated heterocycles. The molecule has 6 nitrogen and oxygen atoms in total. The Morgan fingerprint density at radius 2 is 2.13 bits per heavy atom. The van der Waals surface area contributed by atoms with Crippen LogP contribution in [0.5, 0.6) is 0 Å². The lowest BCUT2D eigenvalue weighted by atomic mass is 10.1. The Kier molecular flexibility index (Phi) is 5.61. The number of sulfonamides is 1. The number of halogens is 2. The second-order valence-electron chi connectivity index (χ2n) is 5.56. The smallest absolute Gasteiger partial charge is 0.253 e. The largest absolute Gasteiger partial charge is 0.379 e. The first-order valence-electron chi connectivity index (χ1n) is 6.94. The van der Waals surface area contributed by atoms with Gasteiger partial charge in [0, 0.05) is 20.0 Å². The monoisotopic (exact) mass is 364 g/mol. The first-order chi connectivity index (χ1) is 10.7. The molecule has 0 spiro atoms. The van der Waals surface area contributed by atoms with Crippen molar-refractivity contribution in [3.8, 4) is 0 Å². The van der Waals surface area contributed by atoms with E-state index in [1.54, 1.807) is 0 Å². The second-order valence-corrected chi connectivity index (χ2v) is 8.20. The molecule has 2 atom stereocenters. The zero-order valence-corrected chi connectivity index (χ0v) is 14.3. The molecule has 1 aromatic carbocycles. The lowest BCUT2D eigenvalue weighted by Gasteiger charge is -2.21. The summed E-state index contributed by atoms with van der Waals surface area (Å²) < 4.78 is 43.4. The molecule has 0 radical (unpaired) electrons. The number of ether oxygens (including phenoxy) is 1. The van der Waals surface area contributed by atoms with Crippen LogP contribution in [0, 0.1) is 11.7 Å². The van der Waals surface area contributed by atoms with Crippen molar-refractivity contribution in [3.63, 3.8) is 0 Å². The van der Waals surface area contributed by atoms with Crippen molar-refractivity contribution >= 4 is 27.5 Å². The molecular weight excluding hydrogens is 347 g/mol. The van der Waals surface area contributed by atoms with Crippen molar-refractivity contribution in [2.24, 2.45) is 5.92 Å². The topological polar surface area (TPSA) is 75.7 Å². The van der Waals surface area contributed by atoms with Crippen LogP contribution in [0.4, 0.5) is 4.39 Å². The van der Waals surface area contributed by atoms with Crippen molar-refractivity contribution in [2.45, 2.75) is 6.04 Å². The average Bonchev–Trinajstić information content (AvgIpc) is 2.84. The maximum Gasteiger partial charge on any atom is 0.253 e. The molecule has 9 heteroatoms. The molecule has 0 aromatic heterocycles. The van der Waals surface area contributed by atoms with Crippen molar-refractivity contribution in [1.82, 2.24) is 9.62 Å². The first kappa shape index (κ1) is 18.1. The second kappa shape index (κ2) is 7.12. The van der Waals surface area contributed by atoms with Crippen LogP contribution in [0.1, 0.15) is 10.4 Å². The van der Waals surface area contributed by atoms with Gasteiger partial charge < -0.3 is 10.1 Å². The van der Waals surface area contributed by atoms with Gasteiger partial charge in [-0.2, -0.15) is 0 Å². The van der Waals surface area contributed by atoms with Crippen LogP contribution >= 0.6 is 11.6 Å². The van der Waals surface area contributed by atoms with Crippen LogP contribution in [0.3, 0.4) is 0 Å². The van der Waals surface area contributed by atoms with Crippen LogP contribution in [-0.4, -0.2) is 57.7 Å². The van der Waals surface area contributed by atoms with Crippen LogP contribution in [0.15, 0.2) is 18.2 Å². The summed E-state index contributed by atoms with van der Waals surface area (Å²) in [5.74, 6) is -1.50. The molecule has 128 valence electrons. The van der Waals surface area contributed by atoms with E-state index >= 15 is 0 Å². The van der Waals surface area contributed by atoms with Crippen LogP contribution in [0.2, 0.25) is 5.02 Å². The molecule has 0 saturated carbocycles. The SMILES string of the molecule is CN(C)S(=O)(=O)C[C@@H]1COC[C@H]1NC(=O)c1ccc(F)cc1Cl. The number of benzene rings is 1. The fourth-order valence-electron chi connectivity index (χ4n) is 2.26. The molecule has 2 rings (SSSR count). The summed E-state index contributed by atoms with van der Waals surface area (Å²) in [6.07, 6.45) is 0. The van der Waals surface area contributed by atoms with Gasteiger partial charge in [0.15, 0.2) is 0 Å². The number of hydrogen-bond acceptors (Lipinski definition) is 4. The molecule has 1 aromatic rings. The van der Waals surface area contributed by atoms with Gasteiger partial charge in [0.1, 0.15) is 5.82 Å². The number of carbonyl (C=O) groups excluding carboxylic acids is 1. The molecule has 23 heavy (non-hydrogen) atoms. The normalized spacial score (nSPS) is 21.6. The van der Waals surface area contributed by atoms with Gasteiger partial charge in [-0.05, 0) is 18.2 Å². The number of carbonyl (C=O) groups is 1. The minimum absolute atomic E-state index is 0.00104. The summed E-state index contributed by atoms with van der Waals surface area (Å²) in [6.45, 7) is 0.466. The summed E-state index contributed by atoms with van der Waals surface area (Å²) >= 11 is 5.86. The Labute approximate surface area is 139 Å². The van der Waals surface area contributed by atoms with E-state index in [4.69, 9.17) is 16.3 Å². The van der Waals surface area contributed by atoms with E-state index in [0.717, 1.165) is 16.4 Å². The third-order valence-electron chi connectivity index (χ3n) is 3.67. The predicted molar refractivity (Wildman–Crippen MR) is 84.4 cm³/mol. The van der Waals surface area contributed by atoms with E-state index in [1.165, 1.54) is 20.2 Å². The maximum absolute atomic E-state index is 13.0. The van der Waals surface area contributed by atoms with E-state index in [-0.39, 0.29) is 35.5 Å². The maximum atomic E-state index is 13.0. The average molecular weight is 365 g/mol. The highest BCUT2D eigenvalue weighted by Crippen LogP contribution is 2.20. The number of amides is 1. The Bertz CT molecular complexity index is 696. The summed E-state index contributed by atoms with van der Waals surface area (Å²) in [5.41, 5.74) is 0.134. The Hall–Kier alpha value is -1.22. The van der Waals surface area contributed by atoms with Crippen LogP contribution in [-0.2, 0) is 14.8 Å². The van der Waals surface area contributed by atoms with Crippen molar-refractivity contribution in [3.05, 3.63) is 34.6 Å². The van der Waals surface area contributed by atoms with Gasteiger partial charge in [-0.1, -0.05) is 11.6 Å². The van der Waals surface area contributed by atoms with Crippen molar-refractivity contribution in [2.75, 3.05) is 33.1 Å². The van der Waals surface area contributed by atoms with E-state index in [9.17, 15) is 17.6 Å². The number of nitrogens with zero attached hydrogens (tertiary/aromatic N) is 1. The highest BCUT2D eigenvalue weighted by atomic mass is 35.5. The molecule has 1 fully saturated rings. The number of nitrogens with one attached hydrogen (secondary N) is 1. The summed E-state index contributed by atoms with van der Waals surface area (Å²) in [5, 5.41) is 2.71. The molecule has 0 unspecified atom stereocenters. The van der Waals surface area contributed by atoms with Crippen molar-refractivity contribution < 1.29 is 22.3 Å². The highest BCUT2D eigenvalue weighted by molar-refractivity contribution is 7.89. The summed E-state index contributed by atoms with van der Waals surface area (Å²) in [4.78, 5) is 12.2. The van der Waals surface area contributed by atoms with Gasteiger partial charge >= 0.3 is 0 Å². The Morgan fingerprint density at radius 3 is 2.74 bits per heavy atom. The molecule has 0 bridgehead atoms. The quantitative estimate of drug-likeness (QED) is 0.849. The molecular formula is C14H18ClFN2O4S. The minimum Gasteiger partial charge on any atom is -0.379 e. The fraction of sp³-hybridized carbons (Fsp3) is 0.500. The first-order valence-corrected chi connectivity index (χ1v) is 8.93. The van der Waals surface area contributed by atoms with Gasteiger partial charge in [-0.15, -0.1) is 0 Å². The molecule has 1 N–H and O–H groups in total. The van der Waals surface area contributed by atoms with Crippen molar-refractivity contribution in [1.29, 1.82) is 0 Å². The molecule has 1 heterocycles. The molecule has 0 aliphatic carbocycles. The van der Waals surface area contributed by atoms with Gasteiger partial charge in [-0.3, -0.25) is 4.79 Å². The van der Waals surface area contributed by atoms with Gasteiger partial charge in [0.2, 0.25) is 10.0 Å². The fourth-order valence-corrected chi connectivity index (χ4v) is 3.68. The highest BCUT2D eigenvalue weighted by Gasteiger charge is 2.34. The van der Waals surface area contributed by atoms with Gasteiger partial charge in [-0.25, -0.2) is 17.1 Å². The number of hydrogen-bond donors (Lipinski definition) is 1. The zero-order valence-electron chi connectivity index (χ0n) is 12.8. The van der Waals surface area contributed by atoms with Crippen LogP contribution in [0.25, 0.3) is 0 Å². The zero-order chi connectivity index (χ0) is 17.2. The molecule has 1 aliphatic rings. The van der Waals surface area contributed by atoms with E-state index < -0.39 is 27.8 Å². The summed E-state index contributed by atoms with van der Waals surface area (Å²) in [6, 6.07) is 3.03. The standard InChI is InChI=1S/C14H18ClFN2O4S/c1-18(2)23(20,21)8-9-6-22-7-13(9)17-14(19)11-4-3-10(16)5-12(11)15/h3-5,9,13H,6-8H2,1-2H3,(H,17,19)/t9-,13+/m0/s1.